The zero-order chi connectivity index (χ0) is 11.8. The van der Waals surface area contributed by atoms with Gasteiger partial charge in [0.2, 0.25) is 0 Å². The number of hydrogen-bond acceptors (Lipinski definition) is 1. The first kappa shape index (κ1) is 13.1. The smallest absolute Gasteiger partial charge is 0.241 e. The average molecular weight is 402 g/mol. The maximum absolute atomic E-state index is 12.3. The van der Waals surface area contributed by atoms with Crippen LogP contribution in [-0.4, -0.2) is 4.98 Å². The summed E-state index contributed by atoms with van der Waals surface area (Å²) in [6.45, 7) is 0. The molecule has 0 bridgehead atoms. The Morgan fingerprint density at radius 3 is 2.27 bits per heavy atom. The Hall–Kier alpha value is 0.01000. The Morgan fingerprint density at radius 1 is 1.33 bits per heavy atom. The molecular weight excluding hydrogens is 400 g/mol. The molecule has 15 heavy (non-hydrogen) atoms. The molecule has 1 aromatic rings. The molecule has 0 aliphatic heterocycles. The van der Waals surface area contributed by atoms with Crippen LogP contribution < -0.4 is 0 Å². The number of aromatic nitrogens is 1. The van der Waals surface area contributed by atoms with Gasteiger partial charge in [-0.25, -0.2) is 13.8 Å². The van der Waals surface area contributed by atoms with Crippen molar-refractivity contribution in [3.05, 3.63) is 25.5 Å². The van der Waals surface area contributed by atoms with E-state index < -0.39 is 24.0 Å². The third-order valence-electron chi connectivity index (χ3n) is 1.44. The normalized spacial score (nSPS) is 12.3. The highest BCUT2D eigenvalue weighted by molar-refractivity contribution is 14.1. The molecule has 0 spiro atoms. The van der Waals surface area contributed by atoms with Crippen LogP contribution in [0.5, 0.6) is 0 Å². The maximum Gasteiger partial charge on any atom is 0.433 e. The van der Waals surface area contributed by atoms with E-state index >= 15 is 0 Å². The largest absolute Gasteiger partial charge is 0.433 e. The van der Waals surface area contributed by atoms with Gasteiger partial charge in [-0.2, -0.15) is 13.2 Å². The van der Waals surface area contributed by atoms with Gasteiger partial charge in [0, 0.05) is 4.47 Å². The number of alkyl halides is 5. The van der Waals surface area contributed by atoms with Gasteiger partial charge in [-0.3, -0.25) is 0 Å². The zero-order valence-corrected chi connectivity index (χ0v) is 10.5. The van der Waals surface area contributed by atoms with Gasteiger partial charge in [-0.1, -0.05) is 0 Å². The third kappa shape index (κ3) is 2.99. The molecule has 0 N–H and O–H groups in total. The van der Waals surface area contributed by atoms with Crippen LogP contribution in [0.3, 0.4) is 0 Å². The zero-order valence-electron chi connectivity index (χ0n) is 6.75. The first-order valence-corrected chi connectivity index (χ1v) is 5.32. The lowest BCUT2D eigenvalue weighted by Gasteiger charge is -2.10. The Morgan fingerprint density at radius 2 is 1.87 bits per heavy atom. The van der Waals surface area contributed by atoms with Crippen LogP contribution >= 0.6 is 38.5 Å². The second kappa shape index (κ2) is 4.48. The summed E-state index contributed by atoms with van der Waals surface area (Å²) in [5, 5.41) is 0. The van der Waals surface area contributed by atoms with Crippen LogP contribution in [-0.2, 0) is 6.18 Å². The van der Waals surface area contributed by atoms with Gasteiger partial charge in [-0.05, 0) is 44.6 Å². The van der Waals surface area contributed by atoms with Crippen LogP contribution in [0.15, 0.2) is 10.5 Å². The van der Waals surface area contributed by atoms with Crippen molar-refractivity contribution in [3.63, 3.8) is 0 Å². The highest BCUT2D eigenvalue weighted by Gasteiger charge is 2.34. The number of nitrogens with zero attached hydrogens (tertiary/aromatic N) is 1. The van der Waals surface area contributed by atoms with Crippen LogP contribution in [0, 0.1) is 3.57 Å². The third-order valence-corrected chi connectivity index (χ3v) is 3.94. The fourth-order valence-electron chi connectivity index (χ4n) is 0.807. The van der Waals surface area contributed by atoms with Crippen LogP contribution in [0.2, 0.25) is 0 Å². The molecule has 0 saturated heterocycles. The molecule has 8 heteroatoms. The van der Waals surface area contributed by atoms with Crippen molar-refractivity contribution in [1.29, 1.82) is 0 Å². The summed E-state index contributed by atoms with van der Waals surface area (Å²) in [4.78, 5) is 2.89. The molecule has 0 atom stereocenters. The van der Waals surface area contributed by atoms with Gasteiger partial charge in [-0.15, -0.1) is 0 Å². The number of hydrogen-bond donors (Lipinski definition) is 0. The van der Waals surface area contributed by atoms with Crippen LogP contribution in [0.1, 0.15) is 17.8 Å². The molecule has 0 aromatic carbocycles. The summed E-state index contributed by atoms with van der Waals surface area (Å²) in [6, 6.07) is 0.674. The second-order valence-electron chi connectivity index (χ2n) is 2.49. The fourth-order valence-corrected chi connectivity index (χ4v) is 1.74. The lowest BCUT2D eigenvalue weighted by atomic mass is 10.3. The van der Waals surface area contributed by atoms with E-state index in [1.165, 1.54) is 22.6 Å². The predicted octanol–water partition coefficient (Wildman–Crippen LogP) is 4.41. The minimum absolute atomic E-state index is 0.0180. The molecule has 0 unspecified atom stereocenters. The molecule has 1 rings (SSSR count). The van der Waals surface area contributed by atoms with Crippen molar-refractivity contribution < 1.29 is 22.0 Å². The predicted molar refractivity (Wildman–Crippen MR) is 54.6 cm³/mol. The first-order chi connectivity index (χ1) is 6.73. The monoisotopic (exact) mass is 401 g/mol. The fraction of sp³-hybridized carbons (Fsp3) is 0.286. The van der Waals surface area contributed by atoms with Gasteiger partial charge in [0.25, 0.3) is 6.43 Å². The molecule has 84 valence electrons. The van der Waals surface area contributed by atoms with E-state index in [1.807, 2.05) is 0 Å². The summed E-state index contributed by atoms with van der Waals surface area (Å²) in [7, 11) is 0. The topological polar surface area (TPSA) is 12.9 Å². The highest BCUT2D eigenvalue weighted by Crippen LogP contribution is 2.35. The molecular formula is C7H2BrF5IN. The highest BCUT2D eigenvalue weighted by atomic mass is 127. The summed E-state index contributed by atoms with van der Waals surface area (Å²) >= 11 is 4.29. The van der Waals surface area contributed by atoms with E-state index in [4.69, 9.17) is 0 Å². The van der Waals surface area contributed by atoms with Crippen molar-refractivity contribution in [3.8, 4) is 0 Å². The van der Waals surface area contributed by atoms with Crippen molar-refractivity contribution in [1.82, 2.24) is 4.98 Å². The molecule has 1 aromatic heterocycles. The van der Waals surface area contributed by atoms with Crippen molar-refractivity contribution in [2.24, 2.45) is 0 Å². The molecule has 0 fully saturated rings. The quantitative estimate of drug-likeness (QED) is 0.502. The first-order valence-electron chi connectivity index (χ1n) is 3.44. The number of rotatable bonds is 1. The number of pyridine rings is 1. The summed E-state index contributed by atoms with van der Waals surface area (Å²) in [5.74, 6) is 0. The minimum Gasteiger partial charge on any atom is -0.241 e. The van der Waals surface area contributed by atoms with Crippen molar-refractivity contribution >= 4 is 38.5 Å². The minimum atomic E-state index is -4.73. The standard InChI is InChI=1S/C7H2BrF5IN/c8-2-1-3(7(11,12)13)15-5(4(2)14)6(9)10/h1,6H. The van der Waals surface area contributed by atoms with Crippen molar-refractivity contribution in [2.45, 2.75) is 12.6 Å². The van der Waals surface area contributed by atoms with Crippen molar-refractivity contribution in [2.75, 3.05) is 0 Å². The SMILES string of the molecule is FC(F)c1nc(C(F)(F)F)cc(Br)c1I. The van der Waals surface area contributed by atoms with E-state index in [0.29, 0.717) is 6.07 Å². The second-order valence-corrected chi connectivity index (χ2v) is 4.42. The number of halogens is 7. The molecule has 0 amide bonds. The molecule has 1 heterocycles. The van der Waals surface area contributed by atoms with Crippen LogP contribution in [0.25, 0.3) is 0 Å². The Bertz CT molecular complexity index is 378. The van der Waals surface area contributed by atoms with E-state index in [2.05, 4.69) is 20.9 Å². The van der Waals surface area contributed by atoms with E-state index in [9.17, 15) is 22.0 Å². The lowest BCUT2D eigenvalue weighted by Crippen LogP contribution is -2.11. The molecule has 0 aliphatic rings. The van der Waals surface area contributed by atoms with Gasteiger partial charge in [0.05, 0.1) is 3.57 Å². The maximum atomic E-state index is 12.3. The van der Waals surface area contributed by atoms with E-state index in [1.54, 1.807) is 0 Å². The van der Waals surface area contributed by atoms with E-state index in [0.717, 1.165) is 0 Å². The van der Waals surface area contributed by atoms with Gasteiger partial charge >= 0.3 is 6.18 Å². The molecule has 0 saturated carbocycles. The Labute approximate surface area is 103 Å². The van der Waals surface area contributed by atoms with Crippen LogP contribution in [0.4, 0.5) is 22.0 Å². The summed E-state index contributed by atoms with van der Waals surface area (Å²) in [5.41, 5.74) is -2.19. The van der Waals surface area contributed by atoms with Gasteiger partial charge in [0.1, 0.15) is 11.4 Å². The average Bonchev–Trinajstić information content (AvgIpc) is 2.06. The van der Waals surface area contributed by atoms with E-state index in [-0.39, 0.29) is 8.04 Å². The molecule has 0 radical (unpaired) electrons. The summed E-state index contributed by atoms with van der Waals surface area (Å²) < 4.78 is 61.2. The lowest BCUT2D eigenvalue weighted by molar-refractivity contribution is -0.141. The Kier molecular flexibility index (Phi) is 3.90. The Balaban J connectivity index is 3.36. The van der Waals surface area contributed by atoms with Gasteiger partial charge in [0.15, 0.2) is 0 Å². The summed E-state index contributed by atoms with van der Waals surface area (Å²) in [6.07, 6.45) is -7.76. The molecule has 0 aliphatic carbocycles. The molecule has 1 nitrogen and oxygen atoms in total. The van der Waals surface area contributed by atoms with Gasteiger partial charge < -0.3 is 0 Å².